The van der Waals surface area contributed by atoms with Gasteiger partial charge in [0.2, 0.25) is 0 Å². The van der Waals surface area contributed by atoms with Crippen molar-refractivity contribution in [1.29, 1.82) is 0 Å². The van der Waals surface area contributed by atoms with Gasteiger partial charge in [-0.15, -0.1) is 5.10 Å². The summed E-state index contributed by atoms with van der Waals surface area (Å²) in [6, 6.07) is 2.09. The van der Waals surface area contributed by atoms with Crippen LogP contribution in [0.25, 0.3) is 0 Å². The van der Waals surface area contributed by atoms with E-state index in [1.807, 2.05) is 13.1 Å². The molecule has 2 fully saturated rings. The second-order valence-corrected chi connectivity index (χ2v) is 6.22. The lowest BCUT2D eigenvalue weighted by molar-refractivity contribution is -0.255. The first-order chi connectivity index (χ1) is 10.6. The number of carboxylic acids is 1. The fourth-order valence-corrected chi connectivity index (χ4v) is 3.14. The van der Waals surface area contributed by atoms with Gasteiger partial charge in [0.15, 0.2) is 0 Å². The first-order valence-electron chi connectivity index (χ1n) is 7.42. The average molecular weight is 298 g/mol. The minimum absolute atomic E-state index is 0.154. The van der Waals surface area contributed by atoms with Gasteiger partial charge in [0, 0.05) is 19.3 Å². The zero-order valence-electron chi connectivity index (χ0n) is 12.3. The van der Waals surface area contributed by atoms with Crippen molar-refractivity contribution in [2.45, 2.75) is 19.9 Å². The Morgan fingerprint density at radius 1 is 1.41 bits per heavy atom. The molecule has 1 saturated heterocycles. The molecule has 1 saturated carbocycles. The smallest absolute Gasteiger partial charge is 0.128 e. The number of carboxylic acid groups (broad SMARTS) is 1. The highest BCUT2D eigenvalue weighted by Crippen LogP contribution is 2.45. The molecule has 4 rings (SSSR count). The number of anilines is 1. The molecule has 7 heteroatoms. The van der Waals surface area contributed by atoms with Crippen LogP contribution in [0.1, 0.15) is 28.0 Å². The topological polar surface area (TPSA) is 87.0 Å². The van der Waals surface area contributed by atoms with E-state index in [1.54, 1.807) is 0 Å². The summed E-state index contributed by atoms with van der Waals surface area (Å²) >= 11 is 0. The molecule has 0 radical (unpaired) electrons. The Labute approximate surface area is 127 Å². The molecule has 2 aliphatic rings. The number of aromatic carboxylic acids is 1. The summed E-state index contributed by atoms with van der Waals surface area (Å²) in [6.07, 6.45) is 4.59. The summed E-state index contributed by atoms with van der Waals surface area (Å²) in [6.45, 7) is 4.72. The number of pyridine rings is 1. The predicted octanol–water partition coefficient (Wildman–Crippen LogP) is -0.151. The Hall–Kier alpha value is -2.44. The molecule has 2 aromatic heterocycles. The number of nitrogens with zero attached hydrogens (tertiary/aromatic N) is 5. The molecule has 0 N–H and O–H groups in total. The van der Waals surface area contributed by atoms with E-state index in [-0.39, 0.29) is 5.69 Å². The molecule has 0 bridgehead atoms. The Morgan fingerprint density at radius 3 is 2.82 bits per heavy atom. The summed E-state index contributed by atoms with van der Waals surface area (Å²) in [5.74, 6) is 1.46. The fraction of sp³-hybridized carbons (Fsp3) is 0.467. The molecule has 7 nitrogen and oxygen atoms in total. The van der Waals surface area contributed by atoms with E-state index in [9.17, 15) is 9.90 Å². The van der Waals surface area contributed by atoms with E-state index < -0.39 is 5.97 Å². The maximum Gasteiger partial charge on any atom is 0.128 e. The van der Waals surface area contributed by atoms with E-state index in [1.165, 1.54) is 17.3 Å². The van der Waals surface area contributed by atoms with Crippen LogP contribution in [-0.4, -0.2) is 39.0 Å². The molecular weight excluding hydrogens is 282 g/mol. The van der Waals surface area contributed by atoms with Gasteiger partial charge in [-0.05, 0) is 42.4 Å². The third-order valence-corrected chi connectivity index (χ3v) is 4.59. The van der Waals surface area contributed by atoms with Crippen LogP contribution in [0.5, 0.6) is 0 Å². The Bertz CT molecular complexity index is 731. The molecule has 22 heavy (non-hydrogen) atoms. The van der Waals surface area contributed by atoms with Gasteiger partial charge >= 0.3 is 0 Å². The lowest BCUT2D eigenvalue weighted by Gasteiger charge is -2.20. The number of hydrogen-bond acceptors (Lipinski definition) is 6. The summed E-state index contributed by atoms with van der Waals surface area (Å²) in [7, 11) is 0. The molecule has 2 unspecified atom stereocenters. The average Bonchev–Trinajstić information content (AvgIpc) is 2.89. The zero-order chi connectivity index (χ0) is 15.3. The van der Waals surface area contributed by atoms with Crippen LogP contribution in [0.15, 0.2) is 18.5 Å². The highest BCUT2D eigenvalue weighted by molar-refractivity contribution is 5.82. The molecule has 2 atom stereocenters. The number of aryl methyl sites for hydroxylation is 1. The van der Waals surface area contributed by atoms with Crippen LogP contribution in [0.4, 0.5) is 5.82 Å². The van der Waals surface area contributed by atoms with Gasteiger partial charge in [0.05, 0.1) is 18.7 Å². The number of piperidine rings is 1. The van der Waals surface area contributed by atoms with Crippen molar-refractivity contribution in [1.82, 2.24) is 20.0 Å². The van der Waals surface area contributed by atoms with Crippen LogP contribution in [0.2, 0.25) is 0 Å². The molecule has 3 heterocycles. The van der Waals surface area contributed by atoms with Crippen molar-refractivity contribution in [3.05, 3.63) is 35.3 Å². The quantitative estimate of drug-likeness (QED) is 0.780. The number of aromatic nitrogens is 4. The van der Waals surface area contributed by atoms with Gasteiger partial charge in [-0.2, -0.15) is 0 Å². The van der Waals surface area contributed by atoms with Crippen LogP contribution >= 0.6 is 0 Å². The molecule has 0 aromatic carbocycles. The first-order valence-corrected chi connectivity index (χ1v) is 7.42. The maximum atomic E-state index is 10.7. The van der Waals surface area contributed by atoms with Crippen molar-refractivity contribution in [3.8, 4) is 0 Å². The first kappa shape index (κ1) is 13.2. The molecule has 1 aliphatic carbocycles. The van der Waals surface area contributed by atoms with Crippen molar-refractivity contribution < 1.29 is 9.90 Å². The number of hydrogen-bond donors (Lipinski definition) is 0. The Kier molecular flexibility index (Phi) is 2.88. The highest BCUT2D eigenvalue weighted by Gasteiger charge is 2.45. The zero-order valence-corrected chi connectivity index (χ0v) is 12.3. The third-order valence-electron chi connectivity index (χ3n) is 4.59. The third kappa shape index (κ3) is 2.32. The molecule has 0 amide bonds. The van der Waals surface area contributed by atoms with Crippen molar-refractivity contribution >= 4 is 11.8 Å². The van der Waals surface area contributed by atoms with E-state index in [2.05, 4.69) is 26.3 Å². The number of fused-ring (bicyclic) bond motifs is 1. The van der Waals surface area contributed by atoms with E-state index >= 15 is 0 Å². The monoisotopic (exact) mass is 298 g/mol. The lowest BCUT2D eigenvalue weighted by atomic mass is 10.1. The normalized spacial score (nSPS) is 22.7. The molecule has 2 aromatic rings. The second kappa shape index (κ2) is 4.79. The SMILES string of the molecule is Cc1cc(N2CC3CC3C2)ncc1Cn1cc(C(=O)[O-])nn1. The second-order valence-electron chi connectivity index (χ2n) is 6.22. The van der Waals surface area contributed by atoms with Crippen LogP contribution in [0, 0.1) is 18.8 Å². The van der Waals surface area contributed by atoms with Crippen molar-refractivity contribution in [2.75, 3.05) is 18.0 Å². The Morgan fingerprint density at radius 2 is 2.18 bits per heavy atom. The number of carbonyl (C=O) groups is 1. The number of rotatable bonds is 4. The van der Waals surface area contributed by atoms with Gasteiger partial charge < -0.3 is 14.8 Å². The Balaban J connectivity index is 1.50. The van der Waals surface area contributed by atoms with Gasteiger partial charge in [-0.25, -0.2) is 9.67 Å². The van der Waals surface area contributed by atoms with Crippen molar-refractivity contribution in [3.63, 3.8) is 0 Å². The van der Waals surface area contributed by atoms with Crippen LogP contribution in [-0.2, 0) is 6.54 Å². The lowest BCUT2D eigenvalue weighted by Crippen LogP contribution is -2.23. The summed E-state index contributed by atoms with van der Waals surface area (Å²) in [4.78, 5) is 17.6. The largest absolute Gasteiger partial charge is 0.543 e. The van der Waals surface area contributed by atoms with Gasteiger partial charge in [-0.3, -0.25) is 0 Å². The summed E-state index contributed by atoms with van der Waals surface area (Å²) < 4.78 is 1.49. The highest BCUT2D eigenvalue weighted by atomic mass is 16.4. The standard InChI is InChI=1S/C15H17N5O2/c1-9-2-14(19-5-10-3-11(10)6-19)16-4-12(9)7-20-8-13(15(21)22)17-18-20/h2,4,8,10-11H,3,5-7H2,1H3,(H,21,22)/p-1. The van der Waals surface area contributed by atoms with Crippen LogP contribution < -0.4 is 10.0 Å². The van der Waals surface area contributed by atoms with E-state index in [4.69, 9.17) is 0 Å². The van der Waals surface area contributed by atoms with Gasteiger partial charge in [0.1, 0.15) is 11.5 Å². The molecular formula is C15H16N5O2-. The molecule has 0 spiro atoms. The van der Waals surface area contributed by atoms with E-state index in [0.717, 1.165) is 41.9 Å². The molecule has 1 aliphatic heterocycles. The molecule has 114 valence electrons. The number of carbonyl (C=O) groups excluding carboxylic acids is 1. The summed E-state index contributed by atoms with van der Waals surface area (Å²) in [5, 5.41) is 18.1. The predicted molar refractivity (Wildman–Crippen MR) is 76.2 cm³/mol. The van der Waals surface area contributed by atoms with Crippen LogP contribution in [0.3, 0.4) is 0 Å². The minimum Gasteiger partial charge on any atom is -0.543 e. The van der Waals surface area contributed by atoms with Gasteiger partial charge in [0.25, 0.3) is 0 Å². The van der Waals surface area contributed by atoms with Crippen molar-refractivity contribution in [2.24, 2.45) is 11.8 Å². The van der Waals surface area contributed by atoms with Gasteiger partial charge in [-0.1, -0.05) is 5.21 Å². The minimum atomic E-state index is -1.32. The maximum absolute atomic E-state index is 10.7. The van der Waals surface area contributed by atoms with E-state index in [0.29, 0.717) is 6.54 Å². The fourth-order valence-electron chi connectivity index (χ4n) is 3.14. The summed E-state index contributed by atoms with van der Waals surface area (Å²) in [5.41, 5.74) is 1.97.